The molecule has 1 aliphatic rings. The van der Waals surface area contributed by atoms with Gasteiger partial charge < -0.3 is 10.6 Å². The molecule has 0 saturated heterocycles. The molecule has 0 aliphatic heterocycles. The van der Waals surface area contributed by atoms with Crippen LogP contribution >= 0.6 is 0 Å². The smallest absolute Gasteiger partial charge is 0.360 e. The first-order valence-electron chi connectivity index (χ1n) is 6.26. The Balaban J connectivity index is 1.74. The Morgan fingerprint density at radius 2 is 2.10 bits per heavy atom. The maximum atomic E-state index is 12.7. The molecule has 1 amide bonds. The summed E-state index contributed by atoms with van der Waals surface area (Å²) in [6.07, 6.45) is -2.72. The predicted octanol–water partition coefficient (Wildman–Crippen LogP) is 0.834. The molecular weight excluding hydrogens is 289 g/mol. The zero-order chi connectivity index (χ0) is 15.0. The summed E-state index contributed by atoms with van der Waals surface area (Å²) >= 11 is 0. The minimum Gasteiger partial charge on any atom is -0.360 e. The van der Waals surface area contributed by atoms with E-state index in [4.69, 9.17) is 0 Å². The lowest BCUT2D eigenvalue weighted by Gasteiger charge is -2.07. The molecule has 0 unspecified atom stereocenters. The number of aromatic nitrogens is 4. The van der Waals surface area contributed by atoms with E-state index in [1.165, 1.54) is 12.1 Å². The van der Waals surface area contributed by atoms with Gasteiger partial charge in [-0.1, -0.05) is 0 Å². The first-order valence-corrected chi connectivity index (χ1v) is 6.26. The molecule has 0 bridgehead atoms. The fourth-order valence-electron chi connectivity index (χ4n) is 1.74. The van der Waals surface area contributed by atoms with Crippen LogP contribution in [0.4, 0.5) is 19.0 Å². The van der Waals surface area contributed by atoms with Gasteiger partial charge in [0.1, 0.15) is 5.82 Å². The lowest BCUT2D eigenvalue weighted by atomic mass is 10.4. The Labute approximate surface area is 116 Å². The molecule has 21 heavy (non-hydrogen) atoms. The summed E-state index contributed by atoms with van der Waals surface area (Å²) in [6, 6.07) is 3.01. The highest BCUT2D eigenvalue weighted by molar-refractivity contribution is 5.80. The van der Waals surface area contributed by atoms with Crippen molar-refractivity contribution in [2.45, 2.75) is 25.1 Å². The average Bonchev–Trinajstić information content (AvgIpc) is 3.10. The van der Waals surface area contributed by atoms with Gasteiger partial charge in [0.05, 0.1) is 6.54 Å². The lowest BCUT2D eigenvalue weighted by molar-refractivity contribution is -0.146. The van der Waals surface area contributed by atoms with Crippen LogP contribution in [0.15, 0.2) is 12.1 Å². The van der Waals surface area contributed by atoms with Crippen LogP contribution in [-0.2, 0) is 11.0 Å². The van der Waals surface area contributed by atoms with E-state index in [9.17, 15) is 18.0 Å². The Hall–Kier alpha value is -2.39. The molecule has 3 rings (SSSR count). The van der Waals surface area contributed by atoms with Gasteiger partial charge >= 0.3 is 6.18 Å². The van der Waals surface area contributed by atoms with Crippen molar-refractivity contribution in [2.75, 3.05) is 11.9 Å². The highest BCUT2D eigenvalue weighted by atomic mass is 19.4. The molecule has 1 fully saturated rings. The molecule has 0 atom stereocenters. The summed E-state index contributed by atoms with van der Waals surface area (Å²) in [7, 11) is 0. The summed E-state index contributed by atoms with van der Waals surface area (Å²) in [5.41, 5.74) is -0.0182. The monoisotopic (exact) mass is 300 g/mol. The van der Waals surface area contributed by atoms with Crippen LogP contribution in [0.1, 0.15) is 18.7 Å². The van der Waals surface area contributed by atoms with E-state index in [-0.39, 0.29) is 30.0 Å². The van der Waals surface area contributed by atoms with Crippen LogP contribution in [0.3, 0.4) is 0 Å². The minimum absolute atomic E-state index is 0.0182. The van der Waals surface area contributed by atoms with Crippen LogP contribution < -0.4 is 10.6 Å². The molecule has 2 aromatic rings. The van der Waals surface area contributed by atoms with Gasteiger partial charge in [0, 0.05) is 6.04 Å². The molecule has 1 aliphatic carbocycles. The summed E-state index contributed by atoms with van der Waals surface area (Å²) in [6.45, 7) is -0.0571. The fourth-order valence-corrected chi connectivity index (χ4v) is 1.74. The number of fused-ring (bicyclic) bond motifs is 1. The summed E-state index contributed by atoms with van der Waals surface area (Å²) < 4.78 is 38.7. The van der Waals surface area contributed by atoms with E-state index in [1.54, 1.807) is 0 Å². The standard InChI is InChI=1S/C11H11F3N6O/c12-11(13,14)10-18-17-8-4-3-7(19-20(8)10)15-5-9(21)16-6-1-2-6/h3-4,6H,1-2,5H2,(H,15,19)(H,16,21). The molecule has 0 radical (unpaired) electrons. The highest BCUT2D eigenvalue weighted by Gasteiger charge is 2.37. The second-order valence-electron chi connectivity index (χ2n) is 4.71. The number of carbonyl (C=O) groups excluding carboxylic acids is 1. The van der Waals surface area contributed by atoms with Gasteiger partial charge in [0.25, 0.3) is 5.82 Å². The number of rotatable bonds is 4. The number of anilines is 1. The van der Waals surface area contributed by atoms with Crippen molar-refractivity contribution >= 4 is 17.4 Å². The number of halogens is 3. The Bertz CT molecular complexity index is 678. The first-order chi connectivity index (χ1) is 9.93. The van der Waals surface area contributed by atoms with Crippen molar-refractivity contribution in [1.29, 1.82) is 0 Å². The molecule has 2 aromatic heterocycles. The van der Waals surface area contributed by atoms with Crippen molar-refractivity contribution in [3.05, 3.63) is 18.0 Å². The second-order valence-corrected chi connectivity index (χ2v) is 4.71. The summed E-state index contributed by atoms with van der Waals surface area (Å²) in [5, 5.41) is 15.6. The van der Waals surface area contributed by atoms with E-state index < -0.39 is 12.0 Å². The third-order valence-corrected chi connectivity index (χ3v) is 2.89. The maximum absolute atomic E-state index is 12.7. The zero-order valence-corrected chi connectivity index (χ0v) is 10.7. The largest absolute Gasteiger partial charge is 0.453 e. The van der Waals surface area contributed by atoms with Crippen molar-refractivity contribution in [2.24, 2.45) is 0 Å². The molecule has 10 heteroatoms. The lowest BCUT2D eigenvalue weighted by Crippen LogP contribution is -2.31. The number of hydrogen-bond donors (Lipinski definition) is 2. The third kappa shape index (κ3) is 3.03. The number of nitrogens with zero attached hydrogens (tertiary/aromatic N) is 4. The second kappa shape index (κ2) is 4.86. The van der Waals surface area contributed by atoms with Gasteiger partial charge in [-0.2, -0.15) is 17.7 Å². The van der Waals surface area contributed by atoms with E-state index in [0.717, 1.165) is 12.8 Å². The van der Waals surface area contributed by atoms with Crippen LogP contribution in [0, 0.1) is 0 Å². The number of nitrogens with one attached hydrogen (secondary N) is 2. The van der Waals surface area contributed by atoms with Gasteiger partial charge in [-0.05, 0) is 25.0 Å². The molecule has 0 aromatic carbocycles. The van der Waals surface area contributed by atoms with Crippen molar-refractivity contribution < 1.29 is 18.0 Å². The van der Waals surface area contributed by atoms with Crippen molar-refractivity contribution in [1.82, 2.24) is 25.1 Å². The van der Waals surface area contributed by atoms with Gasteiger partial charge in [-0.15, -0.1) is 15.3 Å². The van der Waals surface area contributed by atoms with E-state index in [1.807, 2.05) is 0 Å². The van der Waals surface area contributed by atoms with E-state index in [2.05, 4.69) is 25.9 Å². The molecule has 112 valence electrons. The summed E-state index contributed by atoms with van der Waals surface area (Å²) in [4.78, 5) is 11.5. The SMILES string of the molecule is O=C(CNc1ccc2nnc(C(F)(F)F)n2n1)NC1CC1. The number of alkyl halides is 3. The number of hydrogen-bond acceptors (Lipinski definition) is 5. The van der Waals surface area contributed by atoms with Crippen molar-refractivity contribution in [3.63, 3.8) is 0 Å². The average molecular weight is 300 g/mol. The molecule has 7 nitrogen and oxygen atoms in total. The van der Waals surface area contributed by atoms with Crippen molar-refractivity contribution in [3.8, 4) is 0 Å². The zero-order valence-electron chi connectivity index (χ0n) is 10.7. The molecule has 2 N–H and O–H groups in total. The Morgan fingerprint density at radius 1 is 1.33 bits per heavy atom. The highest BCUT2D eigenvalue weighted by Crippen LogP contribution is 2.27. The summed E-state index contributed by atoms with van der Waals surface area (Å²) in [5.74, 6) is -1.29. The van der Waals surface area contributed by atoms with Gasteiger partial charge in [-0.3, -0.25) is 4.79 Å². The van der Waals surface area contributed by atoms with Gasteiger partial charge in [0.15, 0.2) is 5.65 Å². The Morgan fingerprint density at radius 3 is 2.76 bits per heavy atom. The van der Waals surface area contributed by atoms with Crippen LogP contribution in [0.5, 0.6) is 0 Å². The van der Waals surface area contributed by atoms with E-state index in [0.29, 0.717) is 4.52 Å². The van der Waals surface area contributed by atoms with Gasteiger partial charge in [0.2, 0.25) is 5.91 Å². The predicted molar refractivity (Wildman–Crippen MR) is 65.4 cm³/mol. The normalized spacial score (nSPS) is 15.2. The third-order valence-electron chi connectivity index (χ3n) is 2.89. The molecular formula is C11H11F3N6O. The first kappa shape index (κ1) is 13.6. The van der Waals surface area contributed by atoms with Crippen LogP contribution in [0.2, 0.25) is 0 Å². The van der Waals surface area contributed by atoms with Crippen LogP contribution in [-0.4, -0.2) is 38.3 Å². The Kier molecular flexibility index (Phi) is 3.15. The topological polar surface area (TPSA) is 84.2 Å². The van der Waals surface area contributed by atoms with Crippen LogP contribution in [0.25, 0.3) is 5.65 Å². The number of amides is 1. The minimum atomic E-state index is -4.64. The molecule has 2 heterocycles. The molecule has 1 saturated carbocycles. The number of carbonyl (C=O) groups is 1. The van der Waals surface area contributed by atoms with Gasteiger partial charge in [-0.25, -0.2) is 0 Å². The quantitative estimate of drug-likeness (QED) is 0.874. The fraction of sp³-hybridized carbons (Fsp3) is 0.455. The maximum Gasteiger partial charge on any atom is 0.453 e. The van der Waals surface area contributed by atoms with E-state index >= 15 is 0 Å². The molecule has 0 spiro atoms.